The number of nitrogens with zero attached hydrogens (tertiary/aromatic N) is 1. The Bertz CT molecular complexity index is 439. The van der Waals surface area contributed by atoms with E-state index in [1.54, 1.807) is 14.2 Å². The Morgan fingerprint density at radius 1 is 1.32 bits per heavy atom. The van der Waals surface area contributed by atoms with E-state index in [1.807, 2.05) is 12.1 Å². The molecule has 1 aliphatic heterocycles. The van der Waals surface area contributed by atoms with Gasteiger partial charge in [-0.3, -0.25) is 4.90 Å². The van der Waals surface area contributed by atoms with Gasteiger partial charge in [-0.15, -0.1) is 0 Å². The van der Waals surface area contributed by atoms with Gasteiger partial charge in [0.15, 0.2) is 0 Å². The third-order valence-electron chi connectivity index (χ3n) is 3.64. The molecule has 1 aliphatic rings. The topological polar surface area (TPSA) is 41.9 Å². The summed E-state index contributed by atoms with van der Waals surface area (Å²) in [5, 5.41) is 9.38. The summed E-state index contributed by atoms with van der Waals surface area (Å²) in [5.74, 6) is 1.59. The van der Waals surface area contributed by atoms with Crippen LogP contribution in [0.4, 0.5) is 0 Å². The number of hydrogen-bond donors (Lipinski definition) is 1. The summed E-state index contributed by atoms with van der Waals surface area (Å²) >= 11 is 3.50. The summed E-state index contributed by atoms with van der Waals surface area (Å²) in [6.45, 7) is 2.04. The molecule has 1 saturated heterocycles. The fourth-order valence-corrected chi connectivity index (χ4v) is 3.13. The fourth-order valence-electron chi connectivity index (χ4n) is 2.57. The van der Waals surface area contributed by atoms with Gasteiger partial charge in [-0.1, -0.05) is 0 Å². The molecule has 1 unspecified atom stereocenters. The third kappa shape index (κ3) is 3.22. The lowest BCUT2D eigenvalue weighted by molar-refractivity contribution is 0.152. The average molecular weight is 330 g/mol. The van der Waals surface area contributed by atoms with Crippen LogP contribution in [0.25, 0.3) is 0 Å². The first-order valence-electron chi connectivity index (χ1n) is 6.45. The first-order chi connectivity index (χ1) is 9.19. The van der Waals surface area contributed by atoms with Gasteiger partial charge in [0.05, 0.1) is 25.3 Å². The summed E-state index contributed by atoms with van der Waals surface area (Å²) in [6, 6.07) is 4.19. The second kappa shape index (κ2) is 6.59. The van der Waals surface area contributed by atoms with E-state index in [9.17, 15) is 5.11 Å². The maximum atomic E-state index is 9.38. The van der Waals surface area contributed by atoms with Crippen molar-refractivity contribution in [1.82, 2.24) is 4.90 Å². The van der Waals surface area contributed by atoms with Crippen molar-refractivity contribution in [3.05, 3.63) is 22.2 Å². The Hall–Kier alpha value is -0.780. The second-order valence-electron chi connectivity index (χ2n) is 4.75. The van der Waals surface area contributed by atoms with Gasteiger partial charge in [0, 0.05) is 24.2 Å². The van der Waals surface area contributed by atoms with Crippen molar-refractivity contribution in [3.8, 4) is 11.5 Å². The first kappa shape index (κ1) is 14.6. The number of aliphatic hydroxyl groups excluding tert-OH is 1. The monoisotopic (exact) mass is 329 g/mol. The van der Waals surface area contributed by atoms with Crippen LogP contribution in [0, 0.1) is 0 Å². The van der Waals surface area contributed by atoms with Crippen LogP contribution in [0.3, 0.4) is 0 Å². The summed E-state index contributed by atoms with van der Waals surface area (Å²) in [5.41, 5.74) is 1.11. The minimum atomic E-state index is 0.222. The Morgan fingerprint density at radius 2 is 2.05 bits per heavy atom. The highest BCUT2D eigenvalue weighted by Crippen LogP contribution is 2.34. The predicted octanol–water partition coefficient (Wildman–Crippen LogP) is 2.42. The predicted molar refractivity (Wildman–Crippen MR) is 77.8 cm³/mol. The van der Waals surface area contributed by atoms with Crippen LogP contribution in [-0.2, 0) is 6.54 Å². The van der Waals surface area contributed by atoms with Crippen LogP contribution < -0.4 is 9.47 Å². The van der Waals surface area contributed by atoms with E-state index in [0.717, 1.165) is 47.5 Å². The zero-order valence-electron chi connectivity index (χ0n) is 11.4. The largest absolute Gasteiger partial charge is 0.496 e. The van der Waals surface area contributed by atoms with Crippen molar-refractivity contribution in [2.24, 2.45) is 0 Å². The van der Waals surface area contributed by atoms with E-state index in [1.165, 1.54) is 0 Å². The van der Waals surface area contributed by atoms with Gasteiger partial charge in [-0.25, -0.2) is 0 Å². The molecule has 0 radical (unpaired) electrons. The number of hydrogen-bond acceptors (Lipinski definition) is 4. The van der Waals surface area contributed by atoms with Crippen molar-refractivity contribution in [1.29, 1.82) is 0 Å². The van der Waals surface area contributed by atoms with Crippen LogP contribution in [0.1, 0.15) is 18.4 Å². The van der Waals surface area contributed by atoms with Gasteiger partial charge in [-0.2, -0.15) is 0 Å². The molecule has 0 saturated carbocycles. The molecule has 0 aromatic heterocycles. The van der Waals surface area contributed by atoms with Gasteiger partial charge in [0.25, 0.3) is 0 Å². The maximum Gasteiger partial charge on any atom is 0.136 e. The zero-order chi connectivity index (χ0) is 13.8. The average Bonchev–Trinajstić information content (AvgIpc) is 2.86. The standard InChI is InChI=1S/C14H20BrNO3/c1-18-13-7-14(19-2)12(15)6-10(13)8-16-5-3-4-11(16)9-17/h6-7,11,17H,3-5,8-9H2,1-2H3. The second-order valence-corrected chi connectivity index (χ2v) is 5.60. The molecule has 0 bridgehead atoms. The van der Waals surface area contributed by atoms with Crippen LogP contribution in [0.5, 0.6) is 11.5 Å². The van der Waals surface area contributed by atoms with E-state index in [0.29, 0.717) is 0 Å². The number of aliphatic hydroxyl groups is 1. The summed E-state index contributed by atoms with van der Waals surface area (Å²) < 4.78 is 11.6. The van der Waals surface area contributed by atoms with Crippen LogP contribution in [0.15, 0.2) is 16.6 Å². The molecule has 1 aromatic carbocycles. The highest BCUT2D eigenvalue weighted by molar-refractivity contribution is 9.10. The first-order valence-corrected chi connectivity index (χ1v) is 7.24. The van der Waals surface area contributed by atoms with E-state index in [2.05, 4.69) is 20.8 Å². The molecule has 106 valence electrons. The molecule has 19 heavy (non-hydrogen) atoms. The molecular weight excluding hydrogens is 310 g/mol. The van der Waals surface area contributed by atoms with E-state index >= 15 is 0 Å². The molecular formula is C14H20BrNO3. The molecule has 2 rings (SSSR count). The Morgan fingerprint density at radius 3 is 2.68 bits per heavy atom. The molecule has 1 heterocycles. The fraction of sp³-hybridized carbons (Fsp3) is 0.571. The number of benzene rings is 1. The number of likely N-dealkylation sites (tertiary alicyclic amines) is 1. The van der Waals surface area contributed by atoms with Crippen LogP contribution >= 0.6 is 15.9 Å². The van der Waals surface area contributed by atoms with Gasteiger partial charge in [-0.05, 0) is 41.4 Å². The molecule has 4 nitrogen and oxygen atoms in total. The van der Waals surface area contributed by atoms with Crippen molar-refractivity contribution >= 4 is 15.9 Å². The highest BCUT2D eigenvalue weighted by atomic mass is 79.9. The minimum Gasteiger partial charge on any atom is -0.496 e. The van der Waals surface area contributed by atoms with Crippen molar-refractivity contribution in [3.63, 3.8) is 0 Å². The van der Waals surface area contributed by atoms with E-state index in [-0.39, 0.29) is 12.6 Å². The Labute approximate surface area is 122 Å². The Kier molecular flexibility index (Phi) is 5.07. The van der Waals surface area contributed by atoms with Gasteiger partial charge in [0.2, 0.25) is 0 Å². The number of ether oxygens (including phenoxy) is 2. The smallest absolute Gasteiger partial charge is 0.136 e. The van der Waals surface area contributed by atoms with Gasteiger partial charge < -0.3 is 14.6 Å². The molecule has 0 spiro atoms. The van der Waals surface area contributed by atoms with Crippen molar-refractivity contribution in [2.75, 3.05) is 27.4 Å². The van der Waals surface area contributed by atoms with Crippen LogP contribution in [-0.4, -0.2) is 43.4 Å². The summed E-state index contributed by atoms with van der Waals surface area (Å²) in [7, 11) is 3.31. The highest BCUT2D eigenvalue weighted by Gasteiger charge is 2.24. The lowest BCUT2D eigenvalue weighted by Crippen LogP contribution is -2.31. The SMILES string of the molecule is COc1cc(OC)c(CN2CCCC2CO)cc1Br. The maximum absolute atomic E-state index is 9.38. The lowest BCUT2D eigenvalue weighted by atomic mass is 10.1. The van der Waals surface area contributed by atoms with Gasteiger partial charge in [0.1, 0.15) is 11.5 Å². The number of methoxy groups -OCH3 is 2. The molecule has 1 N–H and O–H groups in total. The summed E-state index contributed by atoms with van der Waals surface area (Å²) in [6.07, 6.45) is 2.21. The minimum absolute atomic E-state index is 0.222. The lowest BCUT2D eigenvalue weighted by Gasteiger charge is -2.24. The molecule has 1 fully saturated rings. The van der Waals surface area contributed by atoms with Gasteiger partial charge >= 0.3 is 0 Å². The molecule has 5 heteroatoms. The Balaban J connectivity index is 2.21. The van der Waals surface area contributed by atoms with Crippen molar-refractivity contribution in [2.45, 2.75) is 25.4 Å². The summed E-state index contributed by atoms with van der Waals surface area (Å²) in [4.78, 5) is 2.30. The normalized spacial score (nSPS) is 19.7. The third-order valence-corrected chi connectivity index (χ3v) is 4.26. The zero-order valence-corrected chi connectivity index (χ0v) is 12.9. The van der Waals surface area contributed by atoms with Crippen molar-refractivity contribution < 1.29 is 14.6 Å². The number of halogens is 1. The molecule has 0 aliphatic carbocycles. The quantitative estimate of drug-likeness (QED) is 0.900. The van der Waals surface area contributed by atoms with E-state index < -0.39 is 0 Å². The molecule has 1 atom stereocenters. The molecule has 0 amide bonds. The van der Waals surface area contributed by atoms with E-state index in [4.69, 9.17) is 9.47 Å². The van der Waals surface area contributed by atoms with Crippen LogP contribution in [0.2, 0.25) is 0 Å². The number of rotatable bonds is 5. The molecule has 1 aromatic rings.